The molecular weight excluding hydrogens is 441 g/mol. The van der Waals surface area contributed by atoms with E-state index in [1.807, 2.05) is 0 Å². The van der Waals surface area contributed by atoms with Crippen LogP contribution in [-0.2, 0) is 16.1 Å². The van der Waals surface area contributed by atoms with E-state index in [-0.39, 0.29) is 29.7 Å². The molecule has 1 fully saturated rings. The summed E-state index contributed by atoms with van der Waals surface area (Å²) in [6.45, 7) is 0.114. The molecule has 1 atom stereocenters. The highest BCUT2D eigenvalue weighted by Crippen LogP contribution is 2.22. The number of likely N-dealkylation sites (tertiary alicyclic amines) is 1. The zero-order valence-electron chi connectivity index (χ0n) is 18.0. The monoisotopic (exact) mass is 461 g/mol. The van der Waals surface area contributed by atoms with Crippen LogP contribution in [0.15, 0.2) is 76.1 Å². The number of rotatable bonds is 5. The van der Waals surface area contributed by atoms with Gasteiger partial charge in [0.25, 0.3) is 11.5 Å². The molecule has 1 amide bonds. The van der Waals surface area contributed by atoms with E-state index in [4.69, 9.17) is 9.15 Å². The van der Waals surface area contributed by atoms with Crippen LogP contribution < -0.4 is 5.56 Å². The molecule has 0 bridgehead atoms. The lowest BCUT2D eigenvalue weighted by Gasteiger charge is -2.22. The third-order valence-electron chi connectivity index (χ3n) is 5.79. The van der Waals surface area contributed by atoms with E-state index in [2.05, 4.69) is 4.98 Å². The van der Waals surface area contributed by atoms with E-state index in [0.29, 0.717) is 36.0 Å². The Morgan fingerprint density at radius 3 is 2.65 bits per heavy atom. The third-order valence-corrected chi connectivity index (χ3v) is 5.79. The molecule has 1 aliphatic rings. The van der Waals surface area contributed by atoms with Crippen molar-refractivity contribution in [3.05, 3.63) is 94.7 Å². The van der Waals surface area contributed by atoms with Crippen LogP contribution in [0.25, 0.3) is 16.6 Å². The molecule has 34 heavy (non-hydrogen) atoms. The topological polar surface area (TPSA) is 94.6 Å². The first-order valence-electron chi connectivity index (χ1n) is 10.8. The van der Waals surface area contributed by atoms with Crippen LogP contribution in [0, 0.1) is 5.82 Å². The molecule has 0 saturated carbocycles. The largest absolute Gasteiger partial charge is 0.459 e. The highest BCUT2D eigenvalue weighted by molar-refractivity contribution is 5.95. The number of carbonyl (C=O) groups is 2. The fourth-order valence-corrected chi connectivity index (χ4v) is 4.16. The number of para-hydroxylation sites is 1. The van der Waals surface area contributed by atoms with Gasteiger partial charge in [0.15, 0.2) is 11.6 Å². The highest BCUT2D eigenvalue weighted by atomic mass is 19.1. The van der Waals surface area contributed by atoms with Crippen LogP contribution in [0.3, 0.4) is 0 Å². The van der Waals surface area contributed by atoms with Crippen molar-refractivity contribution >= 4 is 22.8 Å². The van der Waals surface area contributed by atoms with Crippen LogP contribution in [0.2, 0.25) is 0 Å². The second-order valence-corrected chi connectivity index (χ2v) is 7.90. The van der Waals surface area contributed by atoms with Gasteiger partial charge in [-0.3, -0.25) is 14.2 Å². The van der Waals surface area contributed by atoms with Crippen molar-refractivity contribution in [2.75, 3.05) is 6.54 Å². The van der Waals surface area contributed by atoms with Gasteiger partial charge in [-0.15, -0.1) is 0 Å². The molecule has 172 valence electrons. The van der Waals surface area contributed by atoms with Gasteiger partial charge in [0.1, 0.15) is 18.5 Å². The number of benzene rings is 2. The zero-order chi connectivity index (χ0) is 23.7. The zero-order valence-corrected chi connectivity index (χ0v) is 18.0. The predicted molar refractivity (Wildman–Crippen MR) is 120 cm³/mol. The molecule has 9 heteroatoms. The van der Waals surface area contributed by atoms with E-state index < -0.39 is 17.8 Å². The second-order valence-electron chi connectivity index (χ2n) is 7.90. The average molecular weight is 461 g/mol. The standard InChI is InChI=1S/C25H20FN3O5/c26-16-9-11-17(12-10-16)29-22(27-19-6-2-1-5-18(19)23(29)30)15-34-25(32)20-7-3-13-28(20)24(31)21-8-4-14-33-21/h1-2,4-6,8-12,14,20H,3,7,13,15H2. The normalized spacial score (nSPS) is 15.6. The van der Waals surface area contributed by atoms with Gasteiger partial charge < -0.3 is 14.1 Å². The number of nitrogens with zero attached hydrogens (tertiary/aromatic N) is 3. The average Bonchev–Trinajstić information content (AvgIpc) is 3.56. The molecule has 2 aromatic heterocycles. The fourth-order valence-electron chi connectivity index (χ4n) is 4.16. The number of carbonyl (C=O) groups excluding carboxylic acids is 2. The van der Waals surface area contributed by atoms with Crippen LogP contribution >= 0.6 is 0 Å². The first kappa shape index (κ1) is 21.6. The smallest absolute Gasteiger partial charge is 0.329 e. The lowest BCUT2D eigenvalue weighted by atomic mass is 10.2. The maximum atomic E-state index is 13.5. The number of esters is 1. The van der Waals surface area contributed by atoms with Crippen LogP contribution in [0.5, 0.6) is 0 Å². The van der Waals surface area contributed by atoms with Crippen LogP contribution in [-0.4, -0.2) is 38.9 Å². The van der Waals surface area contributed by atoms with Gasteiger partial charge in [0, 0.05) is 6.54 Å². The Hall–Kier alpha value is -4.27. The van der Waals surface area contributed by atoms with E-state index in [1.165, 1.54) is 40.0 Å². The Morgan fingerprint density at radius 2 is 1.88 bits per heavy atom. The van der Waals surface area contributed by atoms with E-state index in [0.717, 1.165) is 0 Å². The maximum absolute atomic E-state index is 13.5. The number of hydrogen-bond donors (Lipinski definition) is 0. The number of halogens is 1. The first-order chi connectivity index (χ1) is 16.5. The lowest BCUT2D eigenvalue weighted by Crippen LogP contribution is -2.41. The molecule has 1 aliphatic heterocycles. The number of ether oxygens (including phenoxy) is 1. The summed E-state index contributed by atoms with van der Waals surface area (Å²) in [7, 11) is 0. The summed E-state index contributed by atoms with van der Waals surface area (Å²) in [5.41, 5.74) is 0.484. The van der Waals surface area contributed by atoms with Crippen molar-refractivity contribution < 1.29 is 23.1 Å². The number of hydrogen-bond acceptors (Lipinski definition) is 6. The minimum absolute atomic E-state index is 0.154. The highest BCUT2D eigenvalue weighted by Gasteiger charge is 2.36. The van der Waals surface area contributed by atoms with Crippen molar-refractivity contribution in [1.29, 1.82) is 0 Å². The van der Waals surface area contributed by atoms with Crippen molar-refractivity contribution in [1.82, 2.24) is 14.5 Å². The van der Waals surface area contributed by atoms with Crippen molar-refractivity contribution in [3.63, 3.8) is 0 Å². The summed E-state index contributed by atoms with van der Waals surface area (Å²) in [6.07, 6.45) is 2.51. The van der Waals surface area contributed by atoms with Gasteiger partial charge >= 0.3 is 5.97 Å². The Labute approximate surface area is 193 Å². The first-order valence-corrected chi connectivity index (χ1v) is 10.8. The Kier molecular flexibility index (Phi) is 5.67. The van der Waals surface area contributed by atoms with Crippen LogP contribution in [0.4, 0.5) is 4.39 Å². The summed E-state index contributed by atoms with van der Waals surface area (Å²) in [5, 5.41) is 0.382. The van der Waals surface area contributed by atoms with Gasteiger partial charge in [0.2, 0.25) is 0 Å². The predicted octanol–water partition coefficient (Wildman–Crippen LogP) is 3.47. The molecule has 0 aliphatic carbocycles. The van der Waals surface area contributed by atoms with Crippen LogP contribution in [0.1, 0.15) is 29.2 Å². The lowest BCUT2D eigenvalue weighted by molar-refractivity contribution is -0.149. The van der Waals surface area contributed by atoms with E-state index >= 15 is 0 Å². The van der Waals surface area contributed by atoms with Crippen molar-refractivity contribution in [2.24, 2.45) is 0 Å². The molecule has 1 saturated heterocycles. The molecule has 5 rings (SSSR count). The van der Waals surface area contributed by atoms with Gasteiger partial charge in [0.05, 0.1) is 22.9 Å². The summed E-state index contributed by atoms with van der Waals surface area (Å²) < 4.78 is 25.5. The number of aromatic nitrogens is 2. The summed E-state index contributed by atoms with van der Waals surface area (Å²) in [4.78, 5) is 44.8. The minimum Gasteiger partial charge on any atom is -0.459 e. The van der Waals surface area contributed by atoms with Gasteiger partial charge in [-0.2, -0.15) is 0 Å². The second kappa shape index (κ2) is 8.93. The number of amides is 1. The third kappa shape index (κ3) is 3.96. The summed E-state index contributed by atoms with van der Waals surface area (Å²) >= 11 is 0. The Bertz CT molecular complexity index is 1410. The Balaban J connectivity index is 1.44. The van der Waals surface area contributed by atoms with Gasteiger partial charge in [-0.1, -0.05) is 12.1 Å². The van der Waals surface area contributed by atoms with E-state index in [9.17, 15) is 18.8 Å². The fraction of sp³-hybridized carbons (Fsp3) is 0.200. The number of fused-ring (bicyclic) bond motifs is 1. The molecule has 2 aromatic carbocycles. The molecule has 1 unspecified atom stereocenters. The molecule has 0 radical (unpaired) electrons. The quantitative estimate of drug-likeness (QED) is 0.423. The summed E-state index contributed by atoms with van der Waals surface area (Å²) in [6, 6.07) is 14.6. The summed E-state index contributed by atoms with van der Waals surface area (Å²) in [5.74, 6) is -1.07. The number of furan rings is 1. The molecule has 0 N–H and O–H groups in total. The van der Waals surface area contributed by atoms with Gasteiger partial charge in [-0.05, 0) is 61.4 Å². The Morgan fingerprint density at radius 1 is 1.09 bits per heavy atom. The van der Waals surface area contributed by atoms with E-state index in [1.54, 1.807) is 36.4 Å². The van der Waals surface area contributed by atoms with Gasteiger partial charge in [-0.25, -0.2) is 14.2 Å². The SMILES string of the molecule is O=C(OCc1nc2ccccc2c(=O)n1-c1ccc(F)cc1)C1CCCN1C(=O)c1ccco1. The molecular formula is C25H20FN3O5. The minimum atomic E-state index is -0.760. The molecule has 3 heterocycles. The molecule has 0 spiro atoms. The molecule has 4 aromatic rings. The molecule has 8 nitrogen and oxygen atoms in total. The maximum Gasteiger partial charge on any atom is 0.329 e. The van der Waals surface area contributed by atoms with Crippen molar-refractivity contribution in [2.45, 2.75) is 25.5 Å². The van der Waals surface area contributed by atoms with Crippen molar-refractivity contribution in [3.8, 4) is 5.69 Å².